The molecule has 2 aromatic rings. The molecule has 2 atom stereocenters. The van der Waals surface area contributed by atoms with Gasteiger partial charge < -0.3 is 19.3 Å². The van der Waals surface area contributed by atoms with Crippen LogP contribution in [0, 0.1) is 0 Å². The summed E-state index contributed by atoms with van der Waals surface area (Å²) in [5.74, 6) is -0.285. The molecule has 0 aliphatic heterocycles. The summed E-state index contributed by atoms with van der Waals surface area (Å²) in [4.78, 5) is 25.3. The number of anilines is 1. The number of aliphatic hydroxyl groups is 1. The van der Waals surface area contributed by atoms with Crippen molar-refractivity contribution in [2.45, 2.75) is 24.0 Å². The highest BCUT2D eigenvalue weighted by molar-refractivity contribution is 7.98. The molecule has 2 rings (SSSR count). The zero-order valence-electron chi connectivity index (χ0n) is 18.4. The maximum absolute atomic E-state index is 12.7. The fraction of sp³-hybridized carbons (Fsp3) is 0.304. The van der Waals surface area contributed by atoms with Gasteiger partial charge in [0, 0.05) is 23.3 Å². The number of carbonyl (C=O) groups excluding carboxylic acids is 2. The summed E-state index contributed by atoms with van der Waals surface area (Å²) in [6, 6.07) is 14.1. The first-order chi connectivity index (χ1) is 16.0. The summed E-state index contributed by atoms with van der Waals surface area (Å²) in [5.41, 5.74) is 2.61. The molecule has 0 unspecified atom stereocenters. The number of aliphatic hydroxyl groups excluding tert-OH is 1. The number of amides is 2. The second-order valence-corrected chi connectivity index (χ2v) is 7.46. The number of hydroxylamine groups is 1. The summed E-state index contributed by atoms with van der Waals surface area (Å²) < 4.78 is 16.9. The summed E-state index contributed by atoms with van der Waals surface area (Å²) in [6.45, 7) is 1.99. The number of ether oxygens (including phenoxy) is 3. The Kier molecular flexibility index (Phi) is 11.3. The van der Waals surface area contributed by atoms with Crippen molar-refractivity contribution in [1.29, 1.82) is 0 Å². The molecular formula is C23H28N2O7S. The van der Waals surface area contributed by atoms with Crippen LogP contribution in [-0.2, 0) is 14.3 Å². The molecule has 0 bridgehead atoms. The van der Waals surface area contributed by atoms with E-state index in [1.807, 2.05) is 18.4 Å². The van der Waals surface area contributed by atoms with E-state index in [0.717, 1.165) is 11.0 Å². The Morgan fingerprint density at radius 2 is 1.94 bits per heavy atom. The van der Waals surface area contributed by atoms with Crippen LogP contribution in [0.25, 0.3) is 0 Å². The molecular weight excluding hydrogens is 448 g/mol. The number of benzene rings is 2. The van der Waals surface area contributed by atoms with Crippen LogP contribution in [0.1, 0.15) is 18.6 Å². The van der Waals surface area contributed by atoms with Crippen LogP contribution >= 0.6 is 11.8 Å². The van der Waals surface area contributed by atoms with Gasteiger partial charge in [0.2, 0.25) is 0 Å². The topological polar surface area (TPSA) is 126 Å². The zero-order valence-corrected chi connectivity index (χ0v) is 19.2. The van der Waals surface area contributed by atoms with E-state index in [1.165, 1.54) is 11.6 Å². The maximum atomic E-state index is 12.7. The highest BCUT2D eigenvalue weighted by Crippen LogP contribution is 2.29. The van der Waals surface area contributed by atoms with Crippen molar-refractivity contribution in [2.75, 3.05) is 31.4 Å². The minimum absolute atomic E-state index is 0.104. The Balaban J connectivity index is 2.30. The third-order valence-electron chi connectivity index (χ3n) is 4.32. The van der Waals surface area contributed by atoms with Crippen LogP contribution in [-0.4, -0.2) is 54.5 Å². The number of hydrogen-bond donors (Lipinski definition) is 4. The van der Waals surface area contributed by atoms with Gasteiger partial charge in [-0.1, -0.05) is 12.1 Å². The number of rotatable bonds is 12. The van der Waals surface area contributed by atoms with E-state index in [2.05, 4.69) is 5.32 Å². The van der Waals surface area contributed by atoms with Crippen molar-refractivity contribution in [3.05, 3.63) is 66.2 Å². The molecule has 0 aliphatic carbocycles. The average molecular weight is 477 g/mol. The Hall–Kier alpha value is -3.05. The molecule has 4 N–H and O–H groups in total. The van der Waals surface area contributed by atoms with Gasteiger partial charge in [0.15, 0.2) is 6.10 Å². The number of thioether (sulfide) groups is 1. The molecule has 0 heterocycles. The van der Waals surface area contributed by atoms with Crippen molar-refractivity contribution in [3.63, 3.8) is 0 Å². The lowest BCUT2D eigenvalue weighted by molar-refractivity contribution is -0.124. The molecule has 0 saturated carbocycles. The zero-order chi connectivity index (χ0) is 24.1. The number of hydrogen-bond acceptors (Lipinski definition) is 8. The van der Waals surface area contributed by atoms with Crippen molar-refractivity contribution >= 4 is 29.4 Å². The van der Waals surface area contributed by atoms with E-state index < -0.39 is 24.2 Å². The van der Waals surface area contributed by atoms with Gasteiger partial charge in [-0.2, -0.15) is 0 Å². The average Bonchev–Trinajstić information content (AvgIpc) is 2.84. The van der Waals surface area contributed by atoms with Crippen molar-refractivity contribution in [1.82, 2.24) is 5.48 Å². The molecule has 2 aromatic carbocycles. The van der Waals surface area contributed by atoms with E-state index in [9.17, 15) is 9.59 Å². The molecule has 0 spiro atoms. The quantitative estimate of drug-likeness (QED) is 0.159. The molecule has 33 heavy (non-hydrogen) atoms. The normalized spacial score (nSPS) is 12.7. The third-order valence-corrected chi connectivity index (χ3v) is 5.07. The maximum Gasteiger partial charge on any atom is 0.412 e. The first-order valence-corrected chi connectivity index (χ1v) is 11.4. The number of nitrogens with one attached hydrogen (secondary N) is 2. The second-order valence-electron chi connectivity index (χ2n) is 6.58. The van der Waals surface area contributed by atoms with Crippen LogP contribution in [0.4, 0.5) is 10.5 Å². The fourth-order valence-electron chi connectivity index (χ4n) is 2.86. The molecule has 2 amide bonds. The van der Waals surface area contributed by atoms with Crippen LogP contribution in [0.5, 0.6) is 5.75 Å². The summed E-state index contributed by atoms with van der Waals surface area (Å²) >= 11 is 1.58. The molecule has 0 saturated heterocycles. The van der Waals surface area contributed by atoms with Gasteiger partial charge in [-0.15, -0.1) is 11.8 Å². The largest absolute Gasteiger partial charge is 0.491 e. The molecule has 0 radical (unpaired) electrons. The van der Waals surface area contributed by atoms with E-state index >= 15 is 0 Å². The lowest BCUT2D eigenvalue weighted by Gasteiger charge is -2.25. The monoisotopic (exact) mass is 476 g/mol. The van der Waals surface area contributed by atoms with Crippen molar-refractivity contribution < 1.29 is 34.1 Å². The minimum atomic E-state index is -0.948. The Morgan fingerprint density at radius 3 is 2.58 bits per heavy atom. The highest BCUT2D eigenvalue weighted by atomic mass is 32.2. The smallest absolute Gasteiger partial charge is 0.412 e. The Morgan fingerprint density at radius 1 is 1.18 bits per heavy atom. The standard InChI is InChI=1S/C23H28N2O7S/c1-3-30-20(11-12-21(27)25-29)22(16-5-4-6-18(15-16)31-14-13-26)32-23(28)24-17-7-9-19(33-2)10-8-17/h4-12,15,20,22,26,29H,3,13-14H2,1-2H3,(H,24,28)(H,25,27)/b12-11+/t20-,22-/m0/s1. The SMILES string of the molecule is CCO[C@@H](/C=C/C(=O)NO)[C@@H](OC(=O)Nc1ccc(SC)cc1)c1cccc(OCCO)c1. The molecule has 10 heteroatoms. The Bertz CT molecular complexity index is 921. The van der Waals surface area contributed by atoms with E-state index in [4.69, 9.17) is 24.5 Å². The van der Waals surface area contributed by atoms with Crippen LogP contribution in [0.3, 0.4) is 0 Å². The lowest BCUT2D eigenvalue weighted by Crippen LogP contribution is -2.28. The molecule has 178 valence electrons. The molecule has 0 aliphatic rings. The predicted octanol–water partition coefficient (Wildman–Crippen LogP) is 3.54. The first kappa shape index (κ1) is 26.2. The molecule has 0 aromatic heterocycles. The minimum Gasteiger partial charge on any atom is -0.491 e. The van der Waals surface area contributed by atoms with Gasteiger partial charge in [-0.25, -0.2) is 10.3 Å². The highest BCUT2D eigenvalue weighted by Gasteiger charge is 2.27. The van der Waals surface area contributed by atoms with E-state index in [-0.39, 0.29) is 19.8 Å². The van der Waals surface area contributed by atoms with Gasteiger partial charge in [0.1, 0.15) is 18.5 Å². The van der Waals surface area contributed by atoms with Gasteiger partial charge in [0.25, 0.3) is 5.91 Å². The van der Waals surface area contributed by atoms with Gasteiger partial charge in [0.05, 0.1) is 6.61 Å². The Labute approximate surface area is 196 Å². The van der Waals surface area contributed by atoms with Crippen LogP contribution < -0.4 is 15.5 Å². The van der Waals surface area contributed by atoms with Crippen LogP contribution in [0.15, 0.2) is 65.6 Å². The van der Waals surface area contributed by atoms with Crippen molar-refractivity contribution in [2.24, 2.45) is 0 Å². The first-order valence-electron chi connectivity index (χ1n) is 10.2. The number of carbonyl (C=O) groups is 2. The van der Waals surface area contributed by atoms with Crippen LogP contribution in [0.2, 0.25) is 0 Å². The summed E-state index contributed by atoms with van der Waals surface area (Å²) in [7, 11) is 0. The van der Waals surface area contributed by atoms with Crippen molar-refractivity contribution in [3.8, 4) is 5.75 Å². The second kappa shape index (κ2) is 14.2. The third kappa shape index (κ3) is 8.78. The van der Waals surface area contributed by atoms with E-state index in [1.54, 1.807) is 55.1 Å². The van der Waals surface area contributed by atoms with Gasteiger partial charge in [-0.05, 0) is 61.2 Å². The van der Waals surface area contributed by atoms with Gasteiger partial charge in [-0.3, -0.25) is 15.3 Å². The van der Waals surface area contributed by atoms with Gasteiger partial charge >= 0.3 is 6.09 Å². The molecule has 9 nitrogen and oxygen atoms in total. The predicted molar refractivity (Wildman–Crippen MR) is 125 cm³/mol. The molecule has 0 fully saturated rings. The summed E-state index contributed by atoms with van der Waals surface area (Å²) in [6.07, 6.45) is 1.92. The van der Waals surface area contributed by atoms with E-state index in [0.29, 0.717) is 17.0 Å². The summed E-state index contributed by atoms with van der Waals surface area (Å²) in [5, 5.41) is 20.5. The fourth-order valence-corrected chi connectivity index (χ4v) is 3.27. The lowest BCUT2D eigenvalue weighted by atomic mass is 10.0.